The van der Waals surface area contributed by atoms with Gasteiger partial charge in [0.05, 0.1) is 34.4 Å². The molecular weight excluding hydrogens is 637 g/mol. The number of unbranched alkanes of at least 4 members (excludes halogenated alkanes) is 1. The molecule has 0 heterocycles. The Balaban J connectivity index is 4.58. The van der Waals surface area contributed by atoms with Crippen molar-refractivity contribution < 1.29 is 37.3 Å². The van der Waals surface area contributed by atoms with E-state index in [9.17, 15) is 14.3 Å². The van der Waals surface area contributed by atoms with Gasteiger partial charge in [-0.25, -0.2) is 4.57 Å². The Morgan fingerprint density at radius 2 is 1.08 bits per heavy atom. The number of esters is 1. The lowest BCUT2D eigenvalue weighted by molar-refractivity contribution is -0.870. The van der Waals surface area contributed by atoms with Crippen LogP contribution in [0.15, 0.2) is 97.2 Å². The molecule has 0 fully saturated rings. The predicted molar refractivity (Wildman–Crippen MR) is 205 cm³/mol. The molecule has 9 heteroatoms. The quantitative estimate of drug-likeness (QED) is 0.0253. The third-order valence-corrected chi connectivity index (χ3v) is 7.64. The molecule has 0 saturated heterocycles. The van der Waals surface area contributed by atoms with E-state index in [-0.39, 0.29) is 26.2 Å². The van der Waals surface area contributed by atoms with Crippen LogP contribution in [0.25, 0.3) is 0 Å². The Labute approximate surface area is 298 Å². The molecule has 0 spiro atoms. The molecule has 2 unspecified atom stereocenters. The highest BCUT2D eigenvalue weighted by atomic mass is 31.2. The maximum absolute atomic E-state index is 12.6. The van der Waals surface area contributed by atoms with E-state index in [2.05, 4.69) is 98.9 Å². The first kappa shape index (κ1) is 46.4. The molecule has 0 aromatic heterocycles. The van der Waals surface area contributed by atoms with Crippen LogP contribution in [0.1, 0.15) is 90.9 Å². The van der Waals surface area contributed by atoms with Crippen molar-refractivity contribution in [2.75, 3.05) is 54.1 Å². The number of likely N-dealkylation sites (N-methyl/N-ethyl adjacent to an activating group) is 1. The molecule has 49 heavy (non-hydrogen) atoms. The van der Waals surface area contributed by atoms with E-state index >= 15 is 0 Å². The lowest BCUT2D eigenvalue weighted by Crippen LogP contribution is -2.37. The van der Waals surface area contributed by atoms with E-state index in [1.807, 2.05) is 33.3 Å². The Morgan fingerprint density at radius 1 is 0.633 bits per heavy atom. The van der Waals surface area contributed by atoms with Crippen LogP contribution >= 0.6 is 7.82 Å². The summed E-state index contributed by atoms with van der Waals surface area (Å²) in [6.45, 7) is 5.08. The minimum Gasteiger partial charge on any atom is -0.457 e. The first-order chi connectivity index (χ1) is 23.6. The molecule has 0 aromatic carbocycles. The molecule has 8 nitrogen and oxygen atoms in total. The normalized spacial score (nSPS) is 15.1. The van der Waals surface area contributed by atoms with Crippen LogP contribution < -0.4 is 0 Å². The molecule has 0 aromatic rings. The second-order valence-corrected chi connectivity index (χ2v) is 13.9. The van der Waals surface area contributed by atoms with Crippen LogP contribution in [-0.2, 0) is 27.9 Å². The Kier molecular flexibility index (Phi) is 30.9. The van der Waals surface area contributed by atoms with Crippen LogP contribution in [0.5, 0.6) is 0 Å². The largest absolute Gasteiger partial charge is 0.472 e. The zero-order chi connectivity index (χ0) is 36.3. The SMILES string of the molecule is CC/C=C\C/C=C\C/C=C\C/C=C\CCCOCC(COP(=O)(O)OCC[N+](C)(C)C)OC(=O)CC/C=C\C/C=C\C/C=C\C/C=C\CC. The van der Waals surface area contributed by atoms with Gasteiger partial charge in [0, 0.05) is 13.0 Å². The molecule has 0 bridgehead atoms. The summed E-state index contributed by atoms with van der Waals surface area (Å²) >= 11 is 0. The first-order valence-electron chi connectivity index (χ1n) is 18.0. The molecule has 0 radical (unpaired) electrons. The van der Waals surface area contributed by atoms with Gasteiger partial charge in [-0.2, -0.15) is 0 Å². The number of ether oxygens (including phenoxy) is 2. The van der Waals surface area contributed by atoms with Crippen LogP contribution in [0.2, 0.25) is 0 Å². The molecule has 278 valence electrons. The van der Waals surface area contributed by atoms with Crippen molar-refractivity contribution in [3.05, 3.63) is 97.2 Å². The van der Waals surface area contributed by atoms with Gasteiger partial charge in [0.15, 0.2) is 0 Å². The van der Waals surface area contributed by atoms with Crippen molar-refractivity contribution in [3.63, 3.8) is 0 Å². The third kappa shape index (κ3) is 36.5. The molecule has 0 aliphatic carbocycles. The number of allylic oxidation sites excluding steroid dienone is 16. The number of hydrogen-bond donors (Lipinski definition) is 1. The third-order valence-electron chi connectivity index (χ3n) is 6.65. The van der Waals surface area contributed by atoms with Gasteiger partial charge in [-0.1, -0.05) is 111 Å². The van der Waals surface area contributed by atoms with E-state index in [1.54, 1.807) is 0 Å². The average Bonchev–Trinajstić information content (AvgIpc) is 3.04. The van der Waals surface area contributed by atoms with E-state index in [1.165, 1.54) is 0 Å². The highest BCUT2D eigenvalue weighted by molar-refractivity contribution is 7.47. The standard InChI is InChI=1S/C40H66NO7P/c1-6-8-10-12-14-16-18-20-22-24-26-28-30-32-35-45-37-39(38-47-49(43,44)46-36-34-41(3,4)5)48-40(42)33-31-29-27-25-23-21-19-17-15-13-11-9-7-2/h8-11,14-17,20-23,26-29,39H,6-7,12-13,18-19,24-25,30-38H2,1-5H3/p+1/b10-8-,11-9-,16-14-,17-15-,22-20-,23-21-,28-26-,29-27-. The first-order valence-corrected chi connectivity index (χ1v) is 19.5. The molecule has 0 aliphatic heterocycles. The van der Waals surface area contributed by atoms with E-state index in [0.717, 1.165) is 64.2 Å². The van der Waals surface area contributed by atoms with Crippen molar-refractivity contribution >= 4 is 13.8 Å². The summed E-state index contributed by atoms with van der Waals surface area (Å²) in [5.74, 6) is -0.418. The highest BCUT2D eigenvalue weighted by Crippen LogP contribution is 2.43. The van der Waals surface area contributed by atoms with Gasteiger partial charge in [-0.15, -0.1) is 0 Å². The number of hydrogen-bond acceptors (Lipinski definition) is 6. The van der Waals surface area contributed by atoms with Crippen LogP contribution in [0.4, 0.5) is 0 Å². The topological polar surface area (TPSA) is 91.3 Å². The number of rotatable bonds is 31. The Morgan fingerprint density at radius 3 is 1.55 bits per heavy atom. The second kappa shape index (κ2) is 32.6. The molecule has 0 amide bonds. The smallest absolute Gasteiger partial charge is 0.457 e. The van der Waals surface area contributed by atoms with Crippen molar-refractivity contribution in [2.24, 2.45) is 0 Å². The summed E-state index contributed by atoms with van der Waals surface area (Å²) in [5.41, 5.74) is 0. The zero-order valence-electron chi connectivity index (χ0n) is 31.1. The van der Waals surface area contributed by atoms with Crippen molar-refractivity contribution in [2.45, 2.75) is 97.0 Å². The van der Waals surface area contributed by atoms with Gasteiger partial charge < -0.3 is 18.9 Å². The van der Waals surface area contributed by atoms with E-state index in [0.29, 0.717) is 24.1 Å². The summed E-state index contributed by atoms with van der Waals surface area (Å²) < 4.78 is 34.6. The second-order valence-electron chi connectivity index (χ2n) is 12.5. The highest BCUT2D eigenvalue weighted by Gasteiger charge is 2.26. The molecule has 1 N–H and O–H groups in total. The zero-order valence-corrected chi connectivity index (χ0v) is 32.0. The molecule has 2 atom stereocenters. The number of phosphoric ester groups is 1. The fourth-order valence-electron chi connectivity index (χ4n) is 3.92. The molecule has 0 rings (SSSR count). The summed E-state index contributed by atoms with van der Waals surface area (Å²) in [4.78, 5) is 22.7. The average molecular weight is 705 g/mol. The van der Waals surface area contributed by atoms with Gasteiger partial charge in [-0.05, 0) is 70.6 Å². The van der Waals surface area contributed by atoms with Gasteiger partial charge in [0.2, 0.25) is 0 Å². The maximum Gasteiger partial charge on any atom is 0.472 e. The molecular formula is C40H67NO7P+. The Bertz CT molecular complexity index is 1100. The van der Waals surface area contributed by atoms with Crippen LogP contribution in [0.3, 0.4) is 0 Å². The van der Waals surface area contributed by atoms with Gasteiger partial charge >= 0.3 is 13.8 Å². The van der Waals surface area contributed by atoms with Crippen molar-refractivity contribution in [3.8, 4) is 0 Å². The summed E-state index contributed by atoms with van der Waals surface area (Å²) in [5, 5.41) is 0. The van der Waals surface area contributed by atoms with Gasteiger partial charge in [-0.3, -0.25) is 13.8 Å². The summed E-state index contributed by atoms with van der Waals surface area (Å²) in [6, 6.07) is 0. The predicted octanol–water partition coefficient (Wildman–Crippen LogP) is 9.93. The number of phosphoric acid groups is 1. The van der Waals surface area contributed by atoms with Crippen LogP contribution in [-0.4, -0.2) is 75.6 Å². The Hall–Kier alpha value is -2.58. The minimum atomic E-state index is -4.31. The number of carbonyl (C=O) groups is 1. The minimum absolute atomic E-state index is 0.0583. The summed E-state index contributed by atoms with van der Waals surface area (Å²) in [6.07, 6.45) is 43.3. The summed E-state index contributed by atoms with van der Waals surface area (Å²) in [7, 11) is 1.57. The fraction of sp³-hybridized carbons (Fsp3) is 0.575. The van der Waals surface area contributed by atoms with Crippen molar-refractivity contribution in [1.29, 1.82) is 0 Å². The van der Waals surface area contributed by atoms with Crippen LogP contribution in [0, 0.1) is 0 Å². The fourth-order valence-corrected chi connectivity index (χ4v) is 4.66. The molecule has 0 aliphatic rings. The van der Waals surface area contributed by atoms with E-state index in [4.69, 9.17) is 18.5 Å². The number of nitrogens with zero attached hydrogens (tertiary/aromatic N) is 1. The monoisotopic (exact) mass is 704 g/mol. The maximum atomic E-state index is 12.6. The lowest BCUT2D eigenvalue weighted by Gasteiger charge is -2.24. The van der Waals surface area contributed by atoms with E-state index < -0.39 is 19.9 Å². The van der Waals surface area contributed by atoms with Gasteiger partial charge in [0.1, 0.15) is 19.3 Å². The van der Waals surface area contributed by atoms with Gasteiger partial charge in [0.25, 0.3) is 0 Å². The lowest BCUT2D eigenvalue weighted by atomic mass is 10.2. The number of carbonyl (C=O) groups excluding carboxylic acids is 1. The molecule has 0 saturated carbocycles. The van der Waals surface area contributed by atoms with Crippen molar-refractivity contribution in [1.82, 2.24) is 0 Å². The number of quaternary nitrogens is 1.